The van der Waals surface area contributed by atoms with Crippen molar-refractivity contribution in [1.29, 1.82) is 0 Å². The van der Waals surface area contributed by atoms with Crippen molar-refractivity contribution in [3.63, 3.8) is 0 Å². The van der Waals surface area contributed by atoms with Gasteiger partial charge >= 0.3 is 0 Å². The van der Waals surface area contributed by atoms with Crippen LogP contribution < -0.4 is 16.4 Å². The van der Waals surface area contributed by atoms with E-state index < -0.39 is 24.1 Å². The molecule has 1 aliphatic carbocycles. The molecule has 1 amide bonds. The number of aryl methyl sites for hydroxylation is 1. The van der Waals surface area contributed by atoms with Crippen molar-refractivity contribution in [2.45, 2.75) is 44.6 Å². The first-order valence-electron chi connectivity index (χ1n) is 11.6. The second-order valence-electron chi connectivity index (χ2n) is 8.59. The molecule has 4 rings (SSSR count). The molecule has 4 N–H and O–H groups in total. The van der Waals surface area contributed by atoms with Crippen molar-refractivity contribution in [3.8, 4) is 0 Å². The number of nitrogens with zero attached hydrogens (tertiary/aromatic N) is 3. The number of amidine groups is 2. The normalized spacial score (nSPS) is 24.2. The number of benzene rings is 1. The predicted molar refractivity (Wildman–Crippen MR) is 133 cm³/mol. The maximum absolute atomic E-state index is 14.8. The zero-order valence-corrected chi connectivity index (χ0v) is 20.0. The molecule has 1 aromatic carbocycles. The third kappa shape index (κ3) is 4.89. The van der Waals surface area contributed by atoms with Crippen LogP contribution in [0.3, 0.4) is 0 Å². The molecule has 186 valence electrons. The minimum atomic E-state index is -1.85. The zero-order valence-electron chi connectivity index (χ0n) is 20.0. The van der Waals surface area contributed by atoms with E-state index in [1.54, 1.807) is 35.5 Å². The lowest BCUT2D eigenvalue weighted by Crippen LogP contribution is -2.42. The van der Waals surface area contributed by atoms with Crippen LogP contribution in [0, 0.1) is 0 Å². The fraction of sp³-hybridized carbons (Fsp3) is 0.400. The summed E-state index contributed by atoms with van der Waals surface area (Å²) in [5.41, 5.74) is 8.05. The molecular weight excluding hydrogens is 454 g/mol. The van der Waals surface area contributed by atoms with E-state index >= 15 is 0 Å². The summed E-state index contributed by atoms with van der Waals surface area (Å²) in [5.74, 6) is 0.0123. The van der Waals surface area contributed by atoms with E-state index in [1.807, 2.05) is 19.9 Å². The van der Waals surface area contributed by atoms with Gasteiger partial charge in [-0.05, 0) is 37.1 Å². The van der Waals surface area contributed by atoms with Crippen molar-refractivity contribution in [2.75, 3.05) is 25.5 Å². The quantitative estimate of drug-likeness (QED) is 0.552. The summed E-state index contributed by atoms with van der Waals surface area (Å²) in [6.07, 6.45) is 4.26. The smallest absolute Gasteiger partial charge is 0.251 e. The highest BCUT2D eigenvalue weighted by Gasteiger charge is 2.38. The Kier molecular flexibility index (Phi) is 7.42. The highest BCUT2D eigenvalue weighted by molar-refractivity contribution is 6.45. The van der Waals surface area contributed by atoms with Gasteiger partial charge in [-0.2, -0.15) is 0 Å². The highest BCUT2D eigenvalue weighted by Crippen LogP contribution is 2.32. The molecule has 0 saturated heterocycles. The molecule has 35 heavy (non-hydrogen) atoms. The standard InChI is InChI=1S/C25H30F2N6O2/c1-4-15-11-16(5-6-17(15)25(34)31-14(2)12-28)32-23-24-30-13-19(33(24)10-9-29-23)18-7-8-20(35-3)22(27)21(18)26/h5-11,14,19-20,22H,4,12-13,28H2,1-3H3,(H,29,32)(H,31,34)/t14-,19?,20?,22?/m0/s1. The Morgan fingerprint density at radius 2 is 2.20 bits per heavy atom. The zero-order chi connectivity index (χ0) is 25.1. The third-order valence-electron chi connectivity index (χ3n) is 6.26. The molecule has 3 unspecified atom stereocenters. The number of nitrogens with two attached hydrogens (primary N) is 1. The van der Waals surface area contributed by atoms with Crippen molar-refractivity contribution < 1.29 is 18.3 Å². The number of carbonyl (C=O) groups excluding carboxylic acids is 1. The molecule has 3 aliphatic rings. The average Bonchev–Trinajstić information content (AvgIpc) is 3.30. The largest absolute Gasteiger partial charge is 0.374 e. The number of carbonyl (C=O) groups is 1. The van der Waals surface area contributed by atoms with Crippen molar-refractivity contribution in [3.05, 3.63) is 65.3 Å². The van der Waals surface area contributed by atoms with Crippen LogP contribution in [0.2, 0.25) is 0 Å². The fourth-order valence-corrected chi connectivity index (χ4v) is 4.27. The number of aliphatic imine (C=N–C) groups is 2. The topological polar surface area (TPSA) is 104 Å². The van der Waals surface area contributed by atoms with Gasteiger partial charge < -0.3 is 26.0 Å². The summed E-state index contributed by atoms with van der Waals surface area (Å²) in [6, 6.07) is 4.84. The number of anilines is 1. The van der Waals surface area contributed by atoms with Gasteiger partial charge in [-0.15, -0.1) is 0 Å². The number of methoxy groups -OCH3 is 1. The van der Waals surface area contributed by atoms with Crippen molar-refractivity contribution in [2.24, 2.45) is 15.7 Å². The minimum absolute atomic E-state index is 0.125. The first-order valence-corrected chi connectivity index (χ1v) is 11.6. The highest BCUT2D eigenvalue weighted by atomic mass is 19.2. The summed E-state index contributed by atoms with van der Waals surface area (Å²) < 4.78 is 34.2. The number of amides is 1. The SMILES string of the molecule is CCc1cc(NC2=NC=CN3C2=NCC3C2=C(F)C(F)C(OC)C=C2)ccc1C(=O)N[C@@H](C)CN. The van der Waals surface area contributed by atoms with Gasteiger partial charge in [-0.25, -0.2) is 13.8 Å². The molecule has 0 bridgehead atoms. The molecule has 4 atom stereocenters. The van der Waals surface area contributed by atoms with Crippen LogP contribution in [-0.2, 0) is 11.2 Å². The molecular formula is C25H30F2N6O2. The number of nitrogens with one attached hydrogen (secondary N) is 2. The lowest BCUT2D eigenvalue weighted by molar-refractivity contribution is 0.0692. The third-order valence-corrected chi connectivity index (χ3v) is 6.26. The van der Waals surface area contributed by atoms with Crippen LogP contribution in [0.15, 0.2) is 64.1 Å². The van der Waals surface area contributed by atoms with E-state index in [9.17, 15) is 13.6 Å². The van der Waals surface area contributed by atoms with E-state index in [1.165, 1.54) is 13.2 Å². The molecule has 0 fully saturated rings. The van der Waals surface area contributed by atoms with Gasteiger partial charge in [0, 0.05) is 48.9 Å². The van der Waals surface area contributed by atoms with Gasteiger partial charge in [-0.1, -0.05) is 19.1 Å². The molecule has 2 aliphatic heterocycles. The Morgan fingerprint density at radius 3 is 2.91 bits per heavy atom. The number of fused-ring (bicyclic) bond motifs is 1. The molecule has 8 nitrogen and oxygen atoms in total. The van der Waals surface area contributed by atoms with E-state index in [4.69, 9.17) is 10.5 Å². The van der Waals surface area contributed by atoms with Crippen molar-refractivity contribution in [1.82, 2.24) is 10.2 Å². The van der Waals surface area contributed by atoms with E-state index in [0.717, 1.165) is 11.3 Å². The number of hydrogen-bond donors (Lipinski definition) is 3. The summed E-state index contributed by atoms with van der Waals surface area (Å²) in [5, 5.41) is 6.14. The van der Waals surface area contributed by atoms with E-state index in [-0.39, 0.29) is 24.1 Å². The van der Waals surface area contributed by atoms with Crippen LogP contribution in [0.25, 0.3) is 0 Å². The molecule has 0 saturated carbocycles. The second kappa shape index (κ2) is 10.5. The lowest BCUT2D eigenvalue weighted by atomic mass is 9.95. The second-order valence-corrected chi connectivity index (χ2v) is 8.59. The molecule has 10 heteroatoms. The average molecular weight is 485 g/mol. The fourth-order valence-electron chi connectivity index (χ4n) is 4.27. The minimum Gasteiger partial charge on any atom is -0.374 e. The van der Waals surface area contributed by atoms with Crippen LogP contribution in [0.5, 0.6) is 0 Å². The molecule has 0 radical (unpaired) electrons. The van der Waals surface area contributed by atoms with Crippen molar-refractivity contribution >= 4 is 23.3 Å². The summed E-state index contributed by atoms with van der Waals surface area (Å²) in [7, 11) is 1.35. The van der Waals surface area contributed by atoms with Gasteiger partial charge in [0.15, 0.2) is 17.8 Å². The van der Waals surface area contributed by atoms with Gasteiger partial charge in [0.05, 0.1) is 12.6 Å². The number of halogens is 2. The van der Waals surface area contributed by atoms with Crippen LogP contribution >= 0.6 is 0 Å². The van der Waals surface area contributed by atoms with Crippen LogP contribution in [0.4, 0.5) is 14.5 Å². The first kappa shape index (κ1) is 24.7. The maximum atomic E-state index is 14.8. The summed E-state index contributed by atoms with van der Waals surface area (Å²) in [6.45, 7) is 4.44. The van der Waals surface area contributed by atoms with Gasteiger partial charge in [0.25, 0.3) is 5.91 Å². The Labute approximate surface area is 203 Å². The summed E-state index contributed by atoms with van der Waals surface area (Å²) in [4.78, 5) is 23.3. The number of hydrogen-bond acceptors (Lipinski definition) is 7. The lowest BCUT2D eigenvalue weighted by Gasteiger charge is -2.30. The van der Waals surface area contributed by atoms with Gasteiger partial charge in [-0.3, -0.25) is 9.79 Å². The van der Waals surface area contributed by atoms with Gasteiger partial charge in [0.1, 0.15) is 11.9 Å². The Balaban J connectivity index is 1.51. The predicted octanol–water partition coefficient (Wildman–Crippen LogP) is 2.85. The summed E-state index contributed by atoms with van der Waals surface area (Å²) >= 11 is 0. The van der Waals surface area contributed by atoms with Crippen LogP contribution in [0.1, 0.15) is 29.8 Å². The molecule has 2 heterocycles. The number of rotatable bonds is 7. The van der Waals surface area contributed by atoms with Crippen LogP contribution in [-0.4, -0.2) is 67.0 Å². The van der Waals surface area contributed by atoms with E-state index in [0.29, 0.717) is 30.2 Å². The molecule has 0 aromatic heterocycles. The maximum Gasteiger partial charge on any atom is 0.251 e. The first-order chi connectivity index (χ1) is 16.9. The number of ether oxygens (including phenoxy) is 1. The Morgan fingerprint density at radius 1 is 1.40 bits per heavy atom. The molecule has 1 aromatic rings. The molecule has 0 spiro atoms. The monoisotopic (exact) mass is 484 g/mol. The Bertz CT molecular complexity index is 1140. The Hall–Kier alpha value is -3.37. The number of alkyl halides is 1. The van der Waals surface area contributed by atoms with Gasteiger partial charge in [0.2, 0.25) is 0 Å². The van der Waals surface area contributed by atoms with E-state index in [2.05, 4.69) is 20.6 Å².